The van der Waals surface area contributed by atoms with Crippen LogP contribution in [0.4, 0.5) is 4.79 Å². The second-order valence-electron chi connectivity index (χ2n) is 11.1. The molecule has 2 fully saturated rings. The van der Waals surface area contributed by atoms with Gasteiger partial charge in [0.2, 0.25) is 0 Å². The molecule has 3 aromatic rings. The number of hydrogen-bond acceptors (Lipinski definition) is 4. The van der Waals surface area contributed by atoms with E-state index in [4.69, 9.17) is 9.72 Å². The van der Waals surface area contributed by atoms with E-state index in [0.29, 0.717) is 25.3 Å². The Morgan fingerprint density at radius 3 is 2.31 bits per heavy atom. The number of benzene rings is 2. The van der Waals surface area contributed by atoms with E-state index in [1.807, 2.05) is 43.5 Å². The average molecular weight is 485 g/mol. The van der Waals surface area contributed by atoms with Gasteiger partial charge >= 0.3 is 6.09 Å². The van der Waals surface area contributed by atoms with E-state index in [-0.39, 0.29) is 12.1 Å². The monoisotopic (exact) mass is 484 g/mol. The van der Waals surface area contributed by atoms with Crippen LogP contribution in [0.2, 0.25) is 0 Å². The van der Waals surface area contributed by atoms with Crippen LogP contribution in [0.5, 0.6) is 0 Å². The summed E-state index contributed by atoms with van der Waals surface area (Å²) in [5, 5.41) is 10.6. The molecule has 5 rings (SSSR count). The fraction of sp³-hybridized carbons (Fsp3) is 0.419. The van der Waals surface area contributed by atoms with Crippen molar-refractivity contribution in [3.05, 3.63) is 89.7 Å². The van der Waals surface area contributed by atoms with Crippen molar-refractivity contribution in [2.24, 2.45) is 0 Å². The Labute approximate surface area is 214 Å². The molecule has 0 unspecified atom stereocenters. The van der Waals surface area contributed by atoms with Gasteiger partial charge in [0.15, 0.2) is 0 Å². The Morgan fingerprint density at radius 2 is 1.75 bits per heavy atom. The zero-order valence-corrected chi connectivity index (χ0v) is 21.5. The molecule has 1 saturated carbocycles. The number of hydrogen-bond donors (Lipinski definition) is 1. The predicted octanol–water partition coefficient (Wildman–Crippen LogP) is 6.98. The van der Waals surface area contributed by atoms with Gasteiger partial charge in [0.1, 0.15) is 5.60 Å². The van der Waals surface area contributed by atoms with Crippen LogP contribution in [0.3, 0.4) is 0 Å². The normalized spacial score (nSPS) is 21.6. The fourth-order valence-corrected chi connectivity index (χ4v) is 5.55. The van der Waals surface area contributed by atoms with E-state index in [2.05, 4.69) is 36.4 Å². The first-order chi connectivity index (χ1) is 17.2. The van der Waals surface area contributed by atoms with Gasteiger partial charge < -0.3 is 14.7 Å². The van der Waals surface area contributed by atoms with Crippen molar-refractivity contribution in [3.8, 4) is 11.1 Å². The van der Waals surface area contributed by atoms with Crippen molar-refractivity contribution in [1.82, 2.24) is 9.88 Å². The van der Waals surface area contributed by atoms with Gasteiger partial charge in [-0.25, -0.2) is 4.79 Å². The lowest BCUT2D eigenvalue weighted by Crippen LogP contribution is -2.51. The van der Waals surface area contributed by atoms with Gasteiger partial charge in [-0.3, -0.25) is 4.98 Å². The topological polar surface area (TPSA) is 62.7 Å². The number of pyridine rings is 1. The van der Waals surface area contributed by atoms with Crippen LogP contribution in [0.15, 0.2) is 72.9 Å². The van der Waals surface area contributed by atoms with Gasteiger partial charge in [0.05, 0.1) is 11.6 Å². The summed E-state index contributed by atoms with van der Waals surface area (Å²) >= 11 is 0. The van der Waals surface area contributed by atoms with Crippen LogP contribution in [0.1, 0.15) is 81.7 Å². The molecule has 2 aliphatic rings. The summed E-state index contributed by atoms with van der Waals surface area (Å²) in [5.74, 6) is 0.635. The van der Waals surface area contributed by atoms with Gasteiger partial charge in [0.25, 0.3) is 0 Å². The quantitative estimate of drug-likeness (QED) is 0.393. The Balaban J connectivity index is 1.30. The predicted molar refractivity (Wildman–Crippen MR) is 142 cm³/mol. The number of amides is 1. The van der Waals surface area contributed by atoms with E-state index >= 15 is 0 Å². The number of carbonyl (C=O) groups excluding carboxylic acids is 1. The summed E-state index contributed by atoms with van der Waals surface area (Å²) in [7, 11) is 0. The lowest BCUT2D eigenvalue weighted by molar-refractivity contribution is -0.101. The Hall–Kier alpha value is -3.18. The van der Waals surface area contributed by atoms with Gasteiger partial charge in [-0.05, 0) is 56.4 Å². The zero-order chi connectivity index (χ0) is 25.3. The van der Waals surface area contributed by atoms with Crippen LogP contribution in [0.25, 0.3) is 11.1 Å². The Bertz CT molecular complexity index is 1180. The summed E-state index contributed by atoms with van der Waals surface area (Å²) in [6.45, 7) is 6.12. The minimum Gasteiger partial charge on any atom is -0.438 e. The summed E-state index contributed by atoms with van der Waals surface area (Å²) in [4.78, 5) is 19.8. The molecular weight excluding hydrogens is 448 g/mol. The molecule has 36 heavy (non-hydrogen) atoms. The highest BCUT2D eigenvalue weighted by atomic mass is 16.6. The number of aromatic nitrogens is 1. The molecule has 5 heteroatoms. The molecule has 2 atom stereocenters. The third-order valence-corrected chi connectivity index (χ3v) is 7.80. The zero-order valence-electron chi connectivity index (χ0n) is 21.5. The highest BCUT2D eigenvalue weighted by Crippen LogP contribution is 2.42. The number of cyclic esters (lactones) is 1. The van der Waals surface area contributed by atoms with E-state index in [0.717, 1.165) is 22.3 Å². The average Bonchev–Trinajstić information content (AvgIpc) is 2.83. The molecule has 1 saturated heterocycles. The fourth-order valence-electron chi connectivity index (χ4n) is 5.55. The summed E-state index contributed by atoms with van der Waals surface area (Å²) in [6, 6.07) is 22.4. The maximum Gasteiger partial charge on any atom is 0.411 e. The second kappa shape index (κ2) is 9.70. The largest absolute Gasteiger partial charge is 0.438 e. The van der Waals surface area contributed by atoms with Crippen molar-refractivity contribution in [1.29, 1.82) is 0 Å². The molecule has 1 aliphatic heterocycles. The summed E-state index contributed by atoms with van der Waals surface area (Å²) < 4.78 is 6.15. The molecule has 0 bridgehead atoms. The summed E-state index contributed by atoms with van der Waals surface area (Å²) in [6.07, 6.45) is 6.41. The third-order valence-electron chi connectivity index (χ3n) is 7.80. The van der Waals surface area contributed by atoms with Crippen LogP contribution in [-0.2, 0) is 10.3 Å². The lowest BCUT2D eigenvalue weighted by atomic mass is 9.80. The molecule has 5 nitrogen and oxygen atoms in total. The number of aliphatic hydroxyl groups is 1. The van der Waals surface area contributed by atoms with E-state index in [1.54, 1.807) is 18.7 Å². The molecule has 1 amide bonds. The molecule has 0 spiro atoms. The number of rotatable bonds is 7. The van der Waals surface area contributed by atoms with Gasteiger partial charge in [-0.1, -0.05) is 67.1 Å². The second-order valence-corrected chi connectivity index (χ2v) is 11.1. The smallest absolute Gasteiger partial charge is 0.411 e. The summed E-state index contributed by atoms with van der Waals surface area (Å²) in [5.41, 5.74) is 3.61. The first kappa shape index (κ1) is 24.5. The number of carbonyl (C=O) groups is 1. The van der Waals surface area contributed by atoms with Crippen LogP contribution < -0.4 is 0 Å². The SMILES string of the molecule is C[C@@H](c1ccc(-c2ccc(C3CCC3)nc2)cc1)N1CC[C@](CC(C)(C)O)(c2ccccc2)OC1=O. The molecule has 1 N–H and O–H groups in total. The van der Waals surface area contributed by atoms with Crippen molar-refractivity contribution in [2.75, 3.05) is 6.54 Å². The first-order valence-electron chi connectivity index (χ1n) is 13.1. The highest BCUT2D eigenvalue weighted by molar-refractivity contribution is 5.70. The van der Waals surface area contributed by atoms with Gasteiger partial charge in [-0.15, -0.1) is 0 Å². The maximum absolute atomic E-state index is 13.3. The van der Waals surface area contributed by atoms with Gasteiger partial charge in [-0.2, -0.15) is 0 Å². The van der Waals surface area contributed by atoms with Crippen molar-refractivity contribution >= 4 is 6.09 Å². The standard InChI is InChI=1S/C31H36N2O3/c1-22(23-12-14-24(15-13-23)26-16-17-28(32-20-26)25-8-7-9-25)33-19-18-31(36-29(33)34,21-30(2,3)35)27-10-5-4-6-11-27/h4-6,10-17,20,22,25,35H,7-9,18-19,21H2,1-3H3/t22-,31-/m0/s1. The molecule has 2 aromatic carbocycles. The van der Waals surface area contributed by atoms with Crippen molar-refractivity contribution in [3.63, 3.8) is 0 Å². The molecule has 1 aromatic heterocycles. The maximum atomic E-state index is 13.3. The van der Waals surface area contributed by atoms with Gasteiger partial charge in [0, 0.05) is 42.8 Å². The number of ether oxygens (including phenoxy) is 1. The first-order valence-corrected chi connectivity index (χ1v) is 13.1. The Kier molecular flexibility index (Phi) is 6.60. The lowest BCUT2D eigenvalue weighted by Gasteiger charge is -2.45. The molecule has 188 valence electrons. The minimum atomic E-state index is -0.968. The van der Waals surface area contributed by atoms with Crippen LogP contribution in [0, 0.1) is 0 Å². The molecule has 1 aliphatic carbocycles. The molecule has 0 radical (unpaired) electrons. The van der Waals surface area contributed by atoms with E-state index in [9.17, 15) is 9.90 Å². The molecule has 2 heterocycles. The highest BCUT2D eigenvalue weighted by Gasteiger charge is 2.46. The number of nitrogens with zero attached hydrogens (tertiary/aromatic N) is 2. The van der Waals surface area contributed by atoms with Crippen LogP contribution >= 0.6 is 0 Å². The van der Waals surface area contributed by atoms with E-state index in [1.165, 1.54) is 25.0 Å². The van der Waals surface area contributed by atoms with Crippen molar-refractivity contribution < 1.29 is 14.6 Å². The molecular formula is C31H36N2O3. The third kappa shape index (κ3) is 5.03. The van der Waals surface area contributed by atoms with E-state index < -0.39 is 11.2 Å². The van der Waals surface area contributed by atoms with Crippen molar-refractivity contribution in [2.45, 2.75) is 76.0 Å². The Morgan fingerprint density at radius 1 is 1.06 bits per heavy atom. The van der Waals surface area contributed by atoms with Crippen LogP contribution in [-0.4, -0.2) is 33.2 Å². The minimum absolute atomic E-state index is 0.124.